The number of halogens is 2. The van der Waals surface area contributed by atoms with Gasteiger partial charge in [0.25, 0.3) is 5.91 Å². The normalized spacial score (nSPS) is 11.2. The molecular formula is C24H21Cl2N3O2S. The molecule has 3 rings (SSSR count). The van der Waals surface area contributed by atoms with Gasteiger partial charge in [-0.15, -0.1) is 11.8 Å². The summed E-state index contributed by atoms with van der Waals surface area (Å²) in [5, 5.41) is 8.21. The summed E-state index contributed by atoms with van der Waals surface area (Å²) in [6.07, 6.45) is 0.333. The van der Waals surface area contributed by atoms with Gasteiger partial charge in [-0.1, -0.05) is 41.4 Å². The van der Waals surface area contributed by atoms with Gasteiger partial charge in [0.15, 0.2) is 0 Å². The van der Waals surface area contributed by atoms with Crippen LogP contribution in [0.5, 0.6) is 0 Å². The van der Waals surface area contributed by atoms with E-state index in [0.29, 0.717) is 39.2 Å². The van der Waals surface area contributed by atoms with Crippen LogP contribution in [0, 0.1) is 0 Å². The van der Waals surface area contributed by atoms with Crippen LogP contribution in [0.4, 0.5) is 5.69 Å². The Morgan fingerprint density at radius 3 is 2.38 bits per heavy atom. The number of anilines is 1. The van der Waals surface area contributed by atoms with E-state index in [2.05, 4.69) is 15.8 Å². The van der Waals surface area contributed by atoms with Crippen LogP contribution in [0.25, 0.3) is 0 Å². The van der Waals surface area contributed by atoms with Crippen LogP contribution in [0.1, 0.15) is 29.3 Å². The lowest BCUT2D eigenvalue weighted by Crippen LogP contribution is -2.19. The molecule has 0 aliphatic heterocycles. The van der Waals surface area contributed by atoms with Gasteiger partial charge in [0, 0.05) is 38.4 Å². The first-order valence-electron chi connectivity index (χ1n) is 9.79. The lowest BCUT2D eigenvalue weighted by Gasteiger charge is -2.08. The number of amides is 2. The Kier molecular flexibility index (Phi) is 8.73. The van der Waals surface area contributed by atoms with Crippen LogP contribution >= 0.6 is 35.0 Å². The zero-order valence-corrected chi connectivity index (χ0v) is 19.6. The fourth-order valence-electron chi connectivity index (χ4n) is 2.71. The van der Waals surface area contributed by atoms with Crippen LogP contribution < -0.4 is 10.7 Å². The zero-order chi connectivity index (χ0) is 22.9. The minimum absolute atomic E-state index is 0.170. The van der Waals surface area contributed by atoms with Crippen molar-refractivity contribution in [2.24, 2.45) is 5.10 Å². The van der Waals surface area contributed by atoms with Crippen LogP contribution in [-0.4, -0.2) is 23.3 Å². The molecule has 164 valence electrons. The molecule has 0 aliphatic rings. The van der Waals surface area contributed by atoms with Gasteiger partial charge in [-0.2, -0.15) is 5.10 Å². The van der Waals surface area contributed by atoms with Crippen LogP contribution in [0.3, 0.4) is 0 Å². The number of nitrogens with zero attached hydrogens (tertiary/aromatic N) is 1. The van der Waals surface area contributed by atoms with Gasteiger partial charge < -0.3 is 5.32 Å². The Labute approximate surface area is 201 Å². The maximum atomic E-state index is 12.4. The van der Waals surface area contributed by atoms with Gasteiger partial charge in [0.1, 0.15) is 0 Å². The van der Waals surface area contributed by atoms with Gasteiger partial charge in [0.05, 0.1) is 5.71 Å². The third kappa shape index (κ3) is 7.41. The molecule has 2 N–H and O–H groups in total. The highest BCUT2D eigenvalue weighted by Crippen LogP contribution is 2.21. The fraction of sp³-hybridized carbons (Fsp3) is 0.125. The number of benzene rings is 3. The highest BCUT2D eigenvalue weighted by atomic mass is 35.5. The van der Waals surface area contributed by atoms with E-state index in [1.165, 1.54) is 0 Å². The molecule has 0 fully saturated rings. The molecule has 0 radical (unpaired) electrons. The van der Waals surface area contributed by atoms with E-state index >= 15 is 0 Å². The number of rotatable bonds is 8. The van der Waals surface area contributed by atoms with Gasteiger partial charge in [-0.05, 0) is 67.1 Å². The number of carbonyl (C=O) groups is 2. The van der Waals surface area contributed by atoms with Crippen molar-refractivity contribution in [2.45, 2.75) is 18.2 Å². The molecule has 0 atom stereocenters. The predicted octanol–water partition coefficient (Wildman–Crippen LogP) is 6.27. The van der Waals surface area contributed by atoms with Gasteiger partial charge >= 0.3 is 0 Å². The van der Waals surface area contributed by atoms with Crippen LogP contribution in [-0.2, 0) is 4.79 Å². The van der Waals surface area contributed by atoms with Crippen molar-refractivity contribution in [1.29, 1.82) is 0 Å². The molecule has 5 nitrogen and oxygen atoms in total. The second kappa shape index (κ2) is 11.7. The monoisotopic (exact) mass is 485 g/mol. The highest BCUT2D eigenvalue weighted by molar-refractivity contribution is 7.99. The SMILES string of the molecule is C/C(=N/NC(=O)CCSc1ccc(Cl)cc1)c1cccc(NC(=O)c2cccc(Cl)c2)c1. The molecule has 2 amide bonds. The minimum Gasteiger partial charge on any atom is -0.322 e. The van der Waals surface area contributed by atoms with Crippen LogP contribution in [0.2, 0.25) is 10.0 Å². The van der Waals surface area contributed by atoms with E-state index in [0.717, 1.165) is 10.5 Å². The molecule has 0 bridgehead atoms. The third-order valence-corrected chi connectivity index (χ3v) is 5.89. The minimum atomic E-state index is -0.259. The molecule has 0 spiro atoms. The number of hydrogen-bond donors (Lipinski definition) is 2. The number of hydrogen-bond acceptors (Lipinski definition) is 4. The third-order valence-electron chi connectivity index (χ3n) is 4.38. The largest absolute Gasteiger partial charge is 0.322 e. The van der Waals surface area contributed by atoms with Crippen LogP contribution in [0.15, 0.2) is 82.8 Å². The van der Waals surface area contributed by atoms with E-state index in [9.17, 15) is 9.59 Å². The van der Waals surface area contributed by atoms with Crippen molar-refractivity contribution in [3.8, 4) is 0 Å². The van der Waals surface area contributed by atoms with Crippen molar-refractivity contribution in [1.82, 2.24) is 5.43 Å². The van der Waals surface area contributed by atoms with Gasteiger partial charge in [-0.3, -0.25) is 9.59 Å². The van der Waals surface area contributed by atoms with E-state index in [4.69, 9.17) is 23.2 Å². The topological polar surface area (TPSA) is 70.6 Å². The number of thioether (sulfide) groups is 1. The lowest BCUT2D eigenvalue weighted by atomic mass is 10.1. The molecule has 8 heteroatoms. The maximum absolute atomic E-state index is 12.4. The number of nitrogens with one attached hydrogen (secondary N) is 2. The molecule has 3 aromatic rings. The van der Waals surface area contributed by atoms with Crippen molar-refractivity contribution >= 4 is 58.2 Å². The van der Waals surface area contributed by atoms with E-state index < -0.39 is 0 Å². The molecule has 0 unspecified atom stereocenters. The first-order chi connectivity index (χ1) is 15.4. The first-order valence-corrected chi connectivity index (χ1v) is 11.5. The smallest absolute Gasteiger partial charge is 0.255 e. The first kappa shape index (κ1) is 23.9. The summed E-state index contributed by atoms with van der Waals surface area (Å²) in [7, 11) is 0. The summed E-state index contributed by atoms with van der Waals surface area (Å²) < 4.78 is 0. The molecule has 0 heterocycles. The number of carbonyl (C=O) groups excluding carboxylic acids is 2. The summed E-state index contributed by atoms with van der Waals surface area (Å²) in [5.74, 6) is 0.203. The average Bonchev–Trinajstić information content (AvgIpc) is 2.79. The summed E-state index contributed by atoms with van der Waals surface area (Å²) in [5.41, 5.74) is 5.08. The summed E-state index contributed by atoms with van der Waals surface area (Å²) >= 11 is 13.4. The molecular weight excluding hydrogens is 465 g/mol. The molecule has 0 saturated carbocycles. The molecule has 0 aromatic heterocycles. The standard InChI is InChI=1S/C24H21Cl2N3O2S/c1-16(28-29-23(30)12-13-32-22-10-8-19(25)9-11-22)17-4-3-7-21(15-17)27-24(31)18-5-2-6-20(26)14-18/h2-11,14-15H,12-13H2,1H3,(H,27,31)(H,29,30)/b28-16-. The van der Waals surface area contributed by atoms with Crippen molar-refractivity contribution in [3.63, 3.8) is 0 Å². The quantitative estimate of drug-likeness (QED) is 0.224. The van der Waals surface area contributed by atoms with Gasteiger partial charge in [0.2, 0.25) is 5.91 Å². The van der Waals surface area contributed by atoms with Crippen molar-refractivity contribution < 1.29 is 9.59 Å². The Hall–Kier alpha value is -2.80. The van der Waals surface area contributed by atoms with E-state index in [1.807, 2.05) is 36.4 Å². The lowest BCUT2D eigenvalue weighted by molar-refractivity contribution is -0.120. The van der Waals surface area contributed by atoms with Gasteiger partial charge in [-0.25, -0.2) is 5.43 Å². The molecule has 32 heavy (non-hydrogen) atoms. The highest BCUT2D eigenvalue weighted by Gasteiger charge is 2.08. The van der Waals surface area contributed by atoms with E-state index in [1.54, 1.807) is 55.1 Å². The van der Waals surface area contributed by atoms with Crippen molar-refractivity contribution in [2.75, 3.05) is 11.1 Å². The second-order valence-electron chi connectivity index (χ2n) is 6.83. The molecule has 3 aromatic carbocycles. The second-order valence-corrected chi connectivity index (χ2v) is 8.87. The number of hydrazone groups is 1. The Bertz CT molecular complexity index is 1130. The summed E-state index contributed by atoms with van der Waals surface area (Å²) in [6.45, 7) is 1.79. The predicted molar refractivity (Wildman–Crippen MR) is 133 cm³/mol. The molecule has 0 aliphatic carbocycles. The Morgan fingerprint density at radius 1 is 0.906 bits per heavy atom. The summed E-state index contributed by atoms with van der Waals surface area (Å²) in [4.78, 5) is 25.6. The van der Waals surface area contributed by atoms with Crippen molar-refractivity contribution in [3.05, 3.63) is 94.0 Å². The fourth-order valence-corrected chi connectivity index (χ4v) is 3.88. The Morgan fingerprint density at radius 2 is 1.62 bits per heavy atom. The maximum Gasteiger partial charge on any atom is 0.255 e. The molecule has 0 saturated heterocycles. The van der Waals surface area contributed by atoms with E-state index in [-0.39, 0.29) is 11.8 Å². The summed E-state index contributed by atoms with van der Waals surface area (Å²) in [6, 6.07) is 21.5. The zero-order valence-electron chi connectivity index (χ0n) is 17.3. The average molecular weight is 486 g/mol. The Balaban J connectivity index is 1.52.